The molecule has 2 aliphatic heterocycles. The molecule has 1 fully saturated rings. The van der Waals surface area contributed by atoms with Crippen LogP contribution in [0.1, 0.15) is 15.9 Å². The first-order valence-corrected chi connectivity index (χ1v) is 8.67. The first kappa shape index (κ1) is 16.6. The number of rotatable bonds is 2. The molecular weight excluding hydrogens is 354 g/mol. The van der Waals surface area contributed by atoms with Gasteiger partial charge in [0.1, 0.15) is 6.07 Å². The number of hydrogen-bond donors (Lipinski definition) is 0. The van der Waals surface area contributed by atoms with E-state index in [4.69, 9.17) is 26.3 Å². The van der Waals surface area contributed by atoms with Crippen LogP contribution in [0.3, 0.4) is 0 Å². The van der Waals surface area contributed by atoms with Crippen LogP contribution in [0.4, 0.5) is 5.69 Å². The second kappa shape index (κ2) is 6.77. The number of anilines is 1. The molecule has 0 N–H and O–H groups in total. The minimum atomic E-state index is -0.0131. The Morgan fingerprint density at radius 1 is 1.04 bits per heavy atom. The molecule has 0 bridgehead atoms. The molecule has 132 valence electrons. The third-order valence-corrected chi connectivity index (χ3v) is 4.94. The molecule has 0 aliphatic carbocycles. The van der Waals surface area contributed by atoms with Crippen LogP contribution >= 0.6 is 11.6 Å². The molecule has 26 heavy (non-hydrogen) atoms. The zero-order chi connectivity index (χ0) is 18.1. The van der Waals surface area contributed by atoms with Crippen molar-refractivity contribution in [2.45, 2.75) is 0 Å². The van der Waals surface area contributed by atoms with E-state index in [-0.39, 0.29) is 12.7 Å². The van der Waals surface area contributed by atoms with Crippen LogP contribution in [0.15, 0.2) is 36.4 Å². The van der Waals surface area contributed by atoms with E-state index in [0.29, 0.717) is 53.8 Å². The third-order valence-electron chi connectivity index (χ3n) is 4.62. The number of carbonyl (C=O) groups excluding carboxylic acids is 1. The van der Waals surface area contributed by atoms with Gasteiger partial charge in [0.15, 0.2) is 11.5 Å². The number of halogens is 1. The van der Waals surface area contributed by atoms with Gasteiger partial charge in [-0.15, -0.1) is 0 Å². The fraction of sp³-hybridized carbons (Fsp3) is 0.263. The molecule has 2 heterocycles. The van der Waals surface area contributed by atoms with Gasteiger partial charge < -0.3 is 19.3 Å². The van der Waals surface area contributed by atoms with Crippen molar-refractivity contribution in [3.8, 4) is 17.6 Å². The van der Waals surface area contributed by atoms with E-state index in [2.05, 4.69) is 11.0 Å². The number of nitrogens with zero attached hydrogens (tertiary/aromatic N) is 3. The first-order chi connectivity index (χ1) is 12.7. The number of fused-ring (bicyclic) bond motifs is 1. The number of hydrogen-bond acceptors (Lipinski definition) is 5. The van der Waals surface area contributed by atoms with Gasteiger partial charge in [0.05, 0.1) is 10.6 Å². The lowest BCUT2D eigenvalue weighted by Gasteiger charge is -2.36. The zero-order valence-electron chi connectivity index (χ0n) is 13.9. The molecule has 0 spiro atoms. The summed E-state index contributed by atoms with van der Waals surface area (Å²) in [6.45, 7) is 2.84. The molecule has 0 radical (unpaired) electrons. The van der Waals surface area contributed by atoms with Crippen LogP contribution in [0, 0.1) is 11.3 Å². The van der Waals surface area contributed by atoms with Gasteiger partial charge in [-0.25, -0.2) is 0 Å². The normalized spacial score (nSPS) is 15.7. The molecule has 0 saturated carbocycles. The Bertz CT molecular complexity index is 901. The fourth-order valence-corrected chi connectivity index (χ4v) is 3.39. The lowest BCUT2D eigenvalue weighted by atomic mass is 10.1. The summed E-state index contributed by atoms with van der Waals surface area (Å²) in [6, 6.07) is 12.7. The minimum Gasteiger partial charge on any atom is -0.454 e. The van der Waals surface area contributed by atoms with E-state index in [0.717, 1.165) is 5.69 Å². The van der Waals surface area contributed by atoms with Crippen molar-refractivity contribution in [1.29, 1.82) is 5.26 Å². The Balaban J connectivity index is 1.42. The second-order valence-electron chi connectivity index (χ2n) is 6.12. The van der Waals surface area contributed by atoms with Crippen molar-refractivity contribution < 1.29 is 14.3 Å². The Morgan fingerprint density at radius 2 is 1.81 bits per heavy atom. The van der Waals surface area contributed by atoms with E-state index in [1.165, 1.54) is 0 Å². The first-order valence-electron chi connectivity index (χ1n) is 8.29. The monoisotopic (exact) mass is 369 g/mol. The molecule has 2 aromatic rings. The lowest BCUT2D eigenvalue weighted by Crippen LogP contribution is -2.48. The van der Waals surface area contributed by atoms with Gasteiger partial charge in [0.25, 0.3) is 5.91 Å². The van der Waals surface area contributed by atoms with E-state index >= 15 is 0 Å². The summed E-state index contributed by atoms with van der Waals surface area (Å²) >= 11 is 6.12. The third kappa shape index (κ3) is 3.02. The van der Waals surface area contributed by atoms with Crippen LogP contribution in [-0.2, 0) is 0 Å². The number of amides is 1. The highest BCUT2D eigenvalue weighted by molar-refractivity contribution is 6.32. The number of ether oxygens (including phenoxy) is 2. The van der Waals surface area contributed by atoms with E-state index in [1.54, 1.807) is 30.3 Å². The van der Waals surface area contributed by atoms with Crippen molar-refractivity contribution >= 4 is 23.2 Å². The topological polar surface area (TPSA) is 65.8 Å². The van der Waals surface area contributed by atoms with Gasteiger partial charge in [0.2, 0.25) is 6.79 Å². The summed E-state index contributed by atoms with van der Waals surface area (Å²) in [5.41, 5.74) is 2.03. The van der Waals surface area contributed by atoms with Gasteiger partial charge in [0, 0.05) is 37.4 Å². The summed E-state index contributed by atoms with van der Waals surface area (Å²) in [6.07, 6.45) is 0. The molecule has 0 atom stereocenters. The van der Waals surface area contributed by atoms with E-state index < -0.39 is 0 Å². The quantitative estimate of drug-likeness (QED) is 0.814. The molecule has 6 nitrogen and oxygen atoms in total. The van der Waals surface area contributed by atoms with Crippen molar-refractivity contribution in [3.63, 3.8) is 0 Å². The van der Waals surface area contributed by atoms with Gasteiger partial charge in [-0.05, 0) is 36.4 Å². The highest BCUT2D eigenvalue weighted by Crippen LogP contribution is 2.33. The van der Waals surface area contributed by atoms with Gasteiger partial charge >= 0.3 is 0 Å². The highest BCUT2D eigenvalue weighted by atomic mass is 35.5. The van der Waals surface area contributed by atoms with Crippen molar-refractivity contribution in [2.24, 2.45) is 0 Å². The van der Waals surface area contributed by atoms with E-state index in [1.807, 2.05) is 11.0 Å². The molecule has 2 aliphatic rings. The van der Waals surface area contributed by atoms with Crippen molar-refractivity contribution in [2.75, 3.05) is 37.9 Å². The standard InChI is InChI=1S/C19H16ClN3O3/c20-16-10-15(3-1-14(16)11-21)22-5-7-23(8-6-22)19(24)13-2-4-17-18(9-13)26-12-25-17/h1-4,9-10H,5-8,12H2. The van der Waals surface area contributed by atoms with Crippen LogP contribution in [0.25, 0.3) is 0 Å². The molecular formula is C19H16ClN3O3. The van der Waals surface area contributed by atoms with Crippen LogP contribution < -0.4 is 14.4 Å². The summed E-state index contributed by atoms with van der Waals surface area (Å²) in [5, 5.41) is 9.42. The van der Waals surface area contributed by atoms with E-state index in [9.17, 15) is 4.79 Å². The summed E-state index contributed by atoms with van der Waals surface area (Å²) < 4.78 is 10.6. The molecule has 0 unspecified atom stereocenters. The smallest absolute Gasteiger partial charge is 0.254 e. The zero-order valence-corrected chi connectivity index (χ0v) is 14.7. The second-order valence-corrected chi connectivity index (χ2v) is 6.53. The predicted molar refractivity (Wildman–Crippen MR) is 96.8 cm³/mol. The summed E-state index contributed by atoms with van der Waals surface area (Å²) in [7, 11) is 0. The number of benzene rings is 2. The molecule has 4 rings (SSSR count). The lowest BCUT2D eigenvalue weighted by molar-refractivity contribution is 0.0746. The Kier molecular flexibility index (Phi) is 4.31. The SMILES string of the molecule is N#Cc1ccc(N2CCN(C(=O)c3ccc4c(c3)OCO4)CC2)cc1Cl. The van der Waals surface area contributed by atoms with Gasteiger partial charge in [-0.3, -0.25) is 4.79 Å². The summed E-state index contributed by atoms with van der Waals surface area (Å²) in [5.74, 6) is 1.27. The molecule has 7 heteroatoms. The van der Waals surface area contributed by atoms with Gasteiger partial charge in [-0.1, -0.05) is 11.6 Å². The van der Waals surface area contributed by atoms with Crippen LogP contribution in [0.5, 0.6) is 11.5 Å². The Labute approximate surface area is 156 Å². The van der Waals surface area contributed by atoms with Crippen molar-refractivity contribution in [3.05, 3.63) is 52.5 Å². The molecule has 1 saturated heterocycles. The predicted octanol–water partition coefficient (Wildman–Crippen LogP) is 2.90. The number of carbonyl (C=O) groups is 1. The fourth-order valence-electron chi connectivity index (χ4n) is 3.17. The Morgan fingerprint density at radius 3 is 2.54 bits per heavy atom. The van der Waals surface area contributed by atoms with Crippen LogP contribution in [0.2, 0.25) is 5.02 Å². The summed E-state index contributed by atoms with van der Waals surface area (Å²) in [4.78, 5) is 16.7. The maximum absolute atomic E-state index is 12.7. The van der Waals surface area contributed by atoms with Crippen molar-refractivity contribution in [1.82, 2.24) is 4.90 Å². The van der Waals surface area contributed by atoms with Crippen LogP contribution in [-0.4, -0.2) is 43.8 Å². The van der Waals surface area contributed by atoms with Gasteiger partial charge in [-0.2, -0.15) is 5.26 Å². The Hall–Kier alpha value is -2.91. The minimum absolute atomic E-state index is 0.0131. The average Bonchev–Trinajstić information content (AvgIpc) is 3.15. The molecule has 1 amide bonds. The largest absolute Gasteiger partial charge is 0.454 e. The maximum atomic E-state index is 12.7. The average molecular weight is 370 g/mol. The number of piperazine rings is 1. The molecule has 0 aromatic heterocycles. The number of nitriles is 1. The maximum Gasteiger partial charge on any atom is 0.254 e. The highest BCUT2D eigenvalue weighted by Gasteiger charge is 2.24. The molecule has 2 aromatic carbocycles.